The third-order valence-electron chi connectivity index (χ3n) is 2.71. The summed E-state index contributed by atoms with van der Waals surface area (Å²) in [6.45, 7) is 2.81. The van der Waals surface area contributed by atoms with Crippen molar-refractivity contribution in [2.45, 2.75) is 19.8 Å². The van der Waals surface area contributed by atoms with Crippen LogP contribution >= 0.6 is 0 Å². The third kappa shape index (κ3) is 2.64. The Hall–Kier alpha value is -1.83. The van der Waals surface area contributed by atoms with E-state index in [2.05, 4.69) is 6.92 Å². The summed E-state index contributed by atoms with van der Waals surface area (Å²) in [5.41, 5.74) is 0.564. The second kappa shape index (κ2) is 5.48. The van der Waals surface area contributed by atoms with Crippen LogP contribution in [0.3, 0.4) is 0 Å². The molecule has 0 aliphatic carbocycles. The molecule has 2 aromatic carbocycles. The van der Waals surface area contributed by atoms with Crippen molar-refractivity contribution in [3.05, 3.63) is 42.0 Å². The van der Waals surface area contributed by atoms with E-state index in [-0.39, 0.29) is 0 Å². The van der Waals surface area contributed by atoms with Gasteiger partial charge in [0.2, 0.25) is 6.29 Å². The van der Waals surface area contributed by atoms with Crippen LogP contribution in [0.15, 0.2) is 36.4 Å². The Kier molecular flexibility index (Phi) is 3.76. The molecule has 0 aliphatic heterocycles. The Labute approximate surface area is 101 Å². The number of carbonyl (C=O) groups excluding carboxylic acids is 1. The zero-order chi connectivity index (χ0) is 12.1. The molecule has 2 nitrogen and oxygen atoms in total. The molecule has 0 fully saturated rings. The molecule has 87 valence electrons. The van der Waals surface area contributed by atoms with Gasteiger partial charge in [-0.05, 0) is 29.3 Å². The van der Waals surface area contributed by atoms with Crippen LogP contribution < -0.4 is 4.74 Å². The van der Waals surface area contributed by atoms with Crippen molar-refractivity contribution in [2.24, 2.45) is 0 Å². The molecule has 0 amide bonds. The van der Waals surface area contributed by atoms with Gasteiger partial charge in [0.05, 0.1) is 6.61 Å². The summed E-state index contributed by atoms with van der Waals surface area (Å²) in [6, 6.07) is 11.5. The second-order valence-electron chi connectivity index (χ2n) is 4.00. The van der Waals surface area contributed by atoms with Crippen LogP contribution in [0.4, 0.5) is 0 Å². The van der Waals surface area contributed by atoms with E-state index in [4.69, 9.17) is 4.74 Å². The first-order chi connectivity index (χ1) is 8.35. The van der Waals surface area contributed by atoms with Crippen LogP contribution in [0, 0.1) is 0 Å². The van der Waals surface area contributed by atoms with Gasteiger partial charge in [-0.15, -0.1) is 0 Å². The molecule has 0 N–H and O–H groups in total. The molecule has 0 saturated heterocycles. The molecule has 2 heteroatoms. The average Bonchev–Trinajstić information content (AvgIpc) is 2.38. The van der Waals surface area contributed by atoms with E-state index >= 15 is 0 Å². The van der Waals surface area contributed by atoms with Gasteiger partial charge in [0.25, 0.3) is 0 Å². The number of ether oxygens (including phenoxy) is 1. The summed E-state index contributed by atoms with van der Waals surface area (Å²) >= 11 is 0. The monoisotopic (exact) mass is 227 g/mol. The van der Waals surface area contributed by atoms with E-state index in [9.17, 15) is 4.79 Å². The largest absolute Gasteiger partial charge is 0.494 e. The average molecular weight is 227 g/mol. The van der Waals surface area contributed by atoms with E-state index in [1.54, 1.807) is 6.07 Å². The van der Waals surface area contributed by atoms with Crippen molar-refractivity contribution < 1.29 is 9.53 Å². The molecule has 0 aliphatic rings. The smallest absolute Gasteiger partial charge is 0.234 e. The lowest BCUT2D eigenvalue weighted by molar-refractivity contribution is 0.309. The fourth-order valence-corrected chi connectivity index (χ4v) is 1.79. The van der Waals surface area contributed by atoms with Gasteiger partial charge in [0.1, 0.15) is 5.75 Å². The van der Waals surface area contributed by atoms with Gasteiger partial charge in [0, 0.05) is 5.56 Å². The number of hydrogen-bond donors (Lipinski definition) is 0. The van der Waals surface area contributed by atoms with Gasteiger partial charge in [-0.2, -0.15) is 0 Å². The summed E-state index contributed by atoms with van der Waals surface area (Å²) in [4.78, 5) is 10.9. The van der Waals surface area contributed by atoms with Gasteiger partial charge in [0.15, 0.2) is 0 Å². The molecule has 0 atom stereocenters. The number of rotatable bonds is 5. The van der Waals surface area contributed by atoms with Crippen molar-refractivity contribution in [1.29, 1.82) is 0 Å². The van der Waals surface area contributed by atoms with Crippen LogP contribution in [0.25, 0.3) is 10.8 Å². The Bertz CT molecular complexity index is 517. The van der Waals surface area contributed by atoms with Crippen LogP contribution in [0.5, 0.6) is 5.75 Å². The highest BCUT2D eigenvalue weighted by Crippen LogP contribution is 2.24. The molecule has 0 spiro atoms. The molecule has 1 radical (unpaired) electrons. The summed E-state index contributed by atoms with van der Waals surface area (Å²) in [7, 11) is 0. The zero-order valence-electron chi connectivity index (χ0n) is 9.90. The van der Waals surface area contributed by atoms with E-state index < -0.39 is 0 Å². The highest BCUT2D eigenvalue weighted by atomic mass is 16.5. The Morgan fingerprint density at radius 1 is 1.24 bits per heavy atom. The fourth-order valence-electron chi connectivity index (χ4n) is 1.79. The quantitative estimate of drug-likeness (QED) is 0.731. The van der Waals surface area contributed by atoms with Gasteiger partial charge in [-0.1, -0.05) is 37.6 Å². The van der Waals surface area contributed by atoms with Gasteiger partial charge in [-0.25, -0.2) is 0 Å². The topological polar surface area (TPSA) is 26.3 Å². The number of hydrogen-bond acceptors (Lipinski definition) is 2. The summed E-state index contributed by atoms with van der Waals surface area (Å²) in [5.74, 6) is 0.746. The van der Waals surface area contributed by atoms with Crippen LogP contribution in [-0.2, 0) is 4.79 Å². The predicted octanol–water partition coefficient (Wildman–Crippen LogP) is 3.48. The zero-order valence-corrected chi connectivity index (χ0v) is 9.90. The highest BCUT2D eigenvalue weighted by Gasteiger charge is 2.04. The molecule has 2 aromatic rings. The predicted molar refractivity (Wildman–Crippen MR) is 69.1 cm³/mol. The molecule has 0 aromatic heterocycles. The maximum Gasteiger partial charge on any atom is 0.234 e. The van der Waals surface area contributed by atoms with E-state index in [1.807, 2.05) is 36.6 Å². The first kappa shape index (κ1) is 11.6. The van der Waals surface area contributed by atoms with Crippen molar-refractivity contribution in [3.63, 3.8) is 0 Å². The van der Waals surface area contributed by atoms with E-state index in [0.717, 1.165) is 29.4 Å². The molecule has 2 rings (SSSR count). The molecule has 0 unspecified atom stereocenters. The van der Waals surface area contributed by atoms with Gasteiger partial charge in [-0.3, -0.25) is 4.79 Å². The lowest BCUT2D eigenvalue weighted by Crippen LogP contribution is -1.97. The van der Waals surface area contributed by atoms with Crippen LogP contribution in [0.2, 0.25) is 0 Å². The fraction of sp³-hybridized carbons (Fsp3) is 0.267. The maximum atomic E-state index is 10.9. The van der Waals surface area contributed by atoms with Gasteiger partial charge >= 0.3 is 0 Å². The van der Waals surface area contributed by atoms with E-state index in [1.165, 1.54) is 0 Å². The van der Waals surface area contributed by atoms with E-state index in [0.29, 0.717) is 12.2 Å². The summed E-state index contributed by atoms with van der Waals surface area (Å²) < 4.78 is 5.62. The minimum Gasteiger partial charge on any atom is -0.494 e. The molecule has 0 bridgehead atoms. The Balaban J connectivity index is 2.35. The molecule has 0 saturated carbocycles. The highest BCUT2D eigenvalue weighted by molar-refractivity contribution is 5.99. The summed E-state index contributed by atoms with van der Waals surface area (Å²) in [6.07, 6.45) is 4.09. The van der Waals surface area contributed by atoms with Crippen molar-refractivity contribution in [1.82, 2.24) is 0 Å². The second-order valence-corrected chi connectivity index (χ2v) is 4.00. The minimum atomic E-state index is 0.564. The standard InChI is InChI=1S/C15H15O2/c1-2-3-8-17-14-9-12-6-4-5-7-15(12)13(10-14)11-16/h4-7,9-10H,2-3,8H2,1H3. The normalized spacial score (nSPS) is 10.4. The Morgan fingerprint density at radius 2 is 2.06 bits per heavy atom. The van der Waals surface area contributed by atoms with Crippen molar-refractivity contribution in [2.75, 3.05) is 6.61 Å². The number of benzene rings is 2. The SMILES string of the molecule is CCCCOc1cc([C]=O)c2ccccc2c1. The lowest BCUT2D eigenvalue weighted by Gasteiger charge is -2.08. The van der Waals surface area contributed by atoms with Crippen LogP contribution in [-0.4, -0.2) is 12.9 Å². The molecular formula is C15H15O2. The maximum absolute atomic E-state index is 10.9. The van der Waals surface area contributed by atoms with Gasteiger partial charge < -0.3 is 4.74 Å². The van der Waals surface area contributed by atoms with Crippen molar-refractivity contribution >= 4 is 17.1 Å². The number of unbranched alkanes of at least 4 members (excludes halogenated alkanes) is 1. The first-order valence-corrected chi connectivity index (χ1v) is 5.89. The third-order valence-corrected chi connectivity index (χ3v) is 2.71. The van der Waals surface area contributed by atoms with Crippen molar-refractivity contribution in [3.8, 4) is 5.75 Å². The van der Waals surface area contributed by atoms with Crippen LogP contribution in [0.1, 0.15) is 25.3 Å². The molecular weight excluding hydrogens is 212 g/mol. The lowest BCUT2D eigenvalue weighted by atomic mass is 10.1. The Morgan fingerprint density at radius 3 is 2.82 bits per heavy atom. The molecule has 0 heterocycles. The number of fused-ring (bicyclic) bond motifs is 1. The summed E-state index contributed by atoms with van der Waals surface area (Å²) in [5, 5.41) is 1.94. The minimum absolute atomic E-state index is 0.564. The molecule has 17 heavy (non-hydrogen) atoms. The first-order valence-electron chi connectivity index (χ1n) is 5.89.